The molecule has 0 fully saturated rings. The summed E-state index contributed by atoms with van der Waals surface area (Å²) in [5, 5.41) is 9.03. The first-order chi connectivity index (χ1) is 12.8. The molecule has 0 aliphatic heterocycles. The van der Waals surface area contributed by atoms with Crippen LogP contribution in [0.15, 0.2) is 63.9 Å². The molecule has 3 aromatic rings. The highest BCUT2D eigenvalue weighted by Gasteiger charge is 2.19. The number of carboxylic acid groups (broad SMARTS) is 1. The zero-order valence-corrected chi connectivity index (χ0v) is 15.4. The van der Waals surface area contributed by atoms with Gasteiger partial charge in [-0.15, -0.1) is 0 Å². The van der Waals surface area contributed by atoms with E-state index in [4.69, 9.17) is 14.3 Å². The number of benzene rings is 2. The first-order valence-corrected chi connectivity index (χ1v) is 9.39. The highest BCUT2D eigenvalue weighted by Crippen LogP contribution is 2.34. The van der Waals surface area contributed by atoms with Crippen molar-refractivity contribution < 1.29 is 27.5 Å². The van der Waals surface area contributed by atoms with E-state index >= 15 is 0 Å². The van der Waals surface area contributed by atoms with E-state index in [9.17, 15) is 13.2 Å². The predicted octanol–water partition coefficient (Wildman–Crippen LogP) is 3.76. The quantitative estimate of drug-likeness (QED) is 0.667. The van der Waals surface area contributed by atoms with Crippen LogP contribution in [0.4, 0.5) is 5.69 Å². The number of hydrogen-bond donors (Lipinski definition) is 2. The van der Waals surface area contributed by atoms with Crippen molar-refractivity contribution in [1.29, 1.82) is 0 Å². The number of sulfonamides is 1. The number of ether oxygens (including phenoxy) is 1. The van der Waals surface area contributed by atoms with Crippen LogP contribution in [0.3, 0.4) is 0 Å². The Labute approximate surface area is 156 Å². The van der Waals surface area contributed by atoms with Crippen LogP contribution >= 0.6 is 0 Å². The molecule has 0 unspecified atom stereocenters. The molecule has 27 heavy (non-hydrogen) atoms. The molecule has 0 bridgehead atoms. The lowest BCUT2D eigenvalue weighted by atomic mass is 10.1. The minimum atomic E-state index is -3.86. The van der Waals surface area contributed by atoms with Crippen LogP contribution in [0.25, 0.3) is 11.3 Å². The summed E-state index contributed by atoms with van der Waals surface area (Å²) in [5.74, 6) is -0.799. The fourth-order valence-corrected chi connectivity index (χ4v) is 3.54. The molecule has 0 saturated heterocycles. The number of rotatable bonds is 6. The normalized spacial score (nSPS) is 11.2. The third-order valence-electron chi connectivity index (χ3n) is 3.88. The fraction of sp³-hybridized carbons (Fsp3) is 0.105. The van der Waals surface area contributed by atoms with Crippen LogP contribution in [0.2, 0.25) is 0 Å². The number of nitrogens with one attached hydrogen (secondary N) is 1. The lowest BCUT2D eigenvalue weighted by Gasteiger charge is -2.13. The van der Waals surface area contributed by atoms with Crippen LogP contribution in [-0.4, -0.2) is 26.6 Å². The Hall–Kier alpha value is -3.26. The summed E-state index contributed by atoms with van der Waals surface area (Å²) in [4.78, 5) is 11.2. The molecule has 0 aliphatic carbocycles. The molecule has 1 aromatic heterocycles. The molecule has 2 aromatic carbocycles. The molecule has 0 saturated carbocycles. The van der Waals surface area contributed by atoms with Gasteiger partial charge in [0.15, 0.2) is 0 Å². The number of anilines is 1. The van der Waals surface area contributed by atoms with Crippen LogP contribution in [0.1, 0.15) is 16.1 Å². The van der Waals surface area contributed by atoms with Crippen molar-refractivity contribution in [2.75, 3.05) is 11.8 Å². The van der Waals surface area contributed by atoms with Crippen molar-refractivity contribution in [3.8, 4) is 17.1 Å². The van der Waals surface area contributed by atoms with Crippen molar-refractivity contribution >= 4 is 21.7 Å². The van der Waals surface area contributed by atoms with E-state index < -0.39 is 16.0 Å². The molecule has 0 spiro atoms. The van der Waals surface area contributed by atoms with E-state index in [0.29, 0.717) is 11.3 Å². The van der Waals surface area contributed by atoms with Gasteiger partial charge in [0, 0.05) is 11.6 Å². The Morgan fingerprint density at radius 3 is 2.37 bits per heavy atom. The highest BCUT2D eigenvalue weighted by molar-refractivity contribution is 7.92. The minimum Gasteiger partial charge on any atom is -0.497 e. The highest BCUT2D eigenvalue weighted by atomic mass is 32.2. The summed E-state index contributed by atoms with van der Waals surface area (Å²) in [5.41, 5.74) is 1.54. The molecule has 0 atom stereocenters. The summed E-state index contributed by atoms with van der Waals surface area (Å²) in [6, 6.07) is 13.9. The number of carboxylic acids is 1. The standard InChI is InChI=1S/C19H17NO6S/c1-12-3-6-14(7-4-12)27(23,24)20-16-11-13(25-2)5-8-15(16)17-9-10-18(26-17)19(21)22/h3-11,20H,1-2H3,(H,21,22). The lowest BCUT2D eigenvalue weighted by Crippen LogP contribution is -2.13. The van der Waals surface area contributed by atoms with Crippen molar-refractivity contribution in [3.63, 3.8) is 0 Å². The molecular formula is C19H17NO6S. The zero-order chi connectivity index (χ0) is 19.6. The van der Waals surface area contributed by atoms with Gasteiger partial charge in [-0.3, -0.25) is 4.72 Å². The molecule has 7 nitrogen and oxygen atoms in total. The van der Waals surface area contributed by atoms with E-state index in [1.807, 2.05) is 6.92 Å². The molecule has 140 valence electrons. The Kier molecular flexibility index (Phi) is 4.91. The number of furan rings is 1. The number of carbonyl (C=O) groups is 1. The topological polar surface area (TPSA) is 106 Å². The Morgan fingerprint density at radius 2 is 1.78 bits per heavy atom. The van der Waals surface area contributed by atoms with Crippen LogP contribution in [-0.2, 0) is 10.0 Å². The van der Waals surface area contributed by atoms with Crippen LogP contribution < -0.4 is 9.46 Å². The molecule has 0 radical (unpaired) electrons. The maximum absolute atomic E-state index is 12.7. The van der Waals surface area contributed by atoms with Gasteiger partial charge in [-0.25, -0.2) is 13.2 Å². The summed E-state index contributed by atoms with van der Waals surface area (Å²) in [7, 11) is -2.40. The first kappa shape index (κ1) is 18.5. The van der Waals surface area contributed by atoms with Gasteiger partial charge < -0.3 is 14.3 Å². The summed E-state index contributed by atoms with van der Waals surface area (Å²) in [6.45, 7) is 1.86. The first-order valence-electron chi connectivity index (χ1n) is 7.91. The maximum atomic E-state index is 12.7. The summed E-state index contributed by atoms with van der Waals surface area (Å²) >= 11 is 0. The molecular weight excluding hydrogens is 370 g/mol. The van der Waals surface area contributed by atoms with Crippen molar-refractivity contribution in [3.05, 3.63) is 65.9 Å². The number of aryl methyl sites for hydroxylation is 1. The molecule has 8 heteroatoms. The molecule has 2 N–H and O–H groups in total. The van der Waals surface area contributed by atoms with E-state index in [1.165, 1.54) is 37.4 Å². The van der Waals surface area contributed by atoms with Crippen LogP contribution in [0.5, 0.6) is 5.75 Å². The van der Waals surface area contributed by atoms with E-state index in [0.717, 1.165) is 5.56 Å². The van der Waals surface area contributed by atoms with E-state index in [-0.39, 0.29) is 22.1 Å². The Morgan fingerprint density at radius 1 is 1.07 bits per heavy atom. The maximum Gasteiger partial charge on any atom is 0.371 e. The third kappa shape index (κ3) is 3.95. The van der Waals surface area contributed by atoms with E-state index in [1.54, 1.807) is 24.3 Å². The number of aromatic carboxylic acids is 1. The SMILES string of the molecule is COc1ccc(-c2ccc(C(=O)O)o2)c(NS(=O)(=O)c2ccc(C)cc2)c1. The molecule has 1 heterocycles. The number of hydrogen-bond acceptors (Lipinski definition) is 5. The average Bonchev–Trinajstić information content (AvgIpc) is 3.12. The van der Waals surface area contributed by atoms with E-state index in [2.05, 4.69) is 4.72 Å². The third-order valence-corrected chi connectivity index (χ3v) is 5.27. The number of methoxy groups -OCH3 is 1. The fourth-order valence-electron chi connectivity index (χ4n) is 2.47. The summed E-state index contributed by atoms with van der Waals surface area (Å²) < 4.78 is 38.5. The second-order valence-electron chi connectivity index (χ2n) is 5.80. The smallest absolute Gasteiger partial charge is 0.371 e. The van der Waals surface area contributed by atoms with Gasteiger partial charge in [0.05, 0.1) is 17.7 Å². The monoisotopic (exact) mass is 387 g/mol. The van der Waals surface area contributed by atoms with Gasteiger partial charge in [0.1, 0.15) is 11.5 Å². The van der Waals surface area contributed by atoms with Gasteiger partial charge in [-0.05, 0) is 43.3 Å². The summed E-state index contributed by atoms with van der Waals surface area (Å²) in [6.07, 6.45) is 0. The van der Waals surface area contributed by atoms with Crippen LogP contribution in [0, 0.1) is 6.92 Å². The van der Waals surface area contributed by atoms with Gasteiger partial charge in [0.2, 0.25) is 5.76 Å². The van der Waals surface area contributed by atoms with Crippen molar-refractivity contribution in [1.82, 2.24) is 0 Å². The average molecular weight is 387 g/mol. The van der Waals surface area contributed by atoms with Gasteiger partial charge in [0.25, 0.3) is 10.0 Å². The van der Waals surface area contributed by atoms with Crippen molar-refractivity contribution in [2.24, 2.45) is 0 Å². The second-order valence-corrected chi connectivity index (χ2v) is 7.48. The molecule has 0 amide bonds. The molecule has 3 rings (SSSR count). The zero-order valence-electron chi connectivity index (χ0n) is 14.6. The Bertz CT molecular complexity index is 1080. The Balaban J connectivity index is 2.05. The largest absolute Gasteiger partial charge is 0.497 e. The van der Waals surface area contributed by atoms with Crippen molar-refractivity contribution in [2.45, 2.75) is 11.8 Å². The van der Waals surface area contributed by atoms with Gasteiger partial charge >= 0.3 is 5.97 Å². The second kappa shape index (κ2) is 7.16. The minimum absolute atomic E-state index is 0.104. The van der Waals surface area contributed by atoms with Gasteiger partial charge in [-0.1, -0.05) is 17.7 Å². The molecule has 0 aliphatic rings. The van der Waals surface area contributed by atoms with Gasteiger partial charge in [-0.2, -0.15) is 0 Å². The predicted molar refractivity (Wildman–Crippen MR) is 99.6 cm³/mol. The lowest BCUT2D eigenvalue weighted by molar-refractivity contribution is 0.0663.